The van der Waals surface area contributed by atoms with Crippen LogP contribution in [0, 0.1) is 5.92 Å². The summed E-state index contributed by atoms with van der Waals surface area (Å²) in [6.45, 7) is 3.41. The van der Waals surface area contributed by atoms with Crippen molar-refractivity contribution < 1.29 is 38.2 Å². The molecule has 0 spiro atoms. The Morgan fingerprint density at radius 1 is 1.12 bits per heavy atom. The molecule has 1 aromatic heterocycles. The highest BCUT2D eigenvalue weighted by atomic mass is 35.5. The number of esters is 1. The number of anilines is 2. The molecular weight excluding hydrogens is 564 g/mol. The van der Waals surface area contributed by atoms with Gasteiger partial charge in [-0.15, -0.1) is 11.3 Å². The number of carbonyl (C=O) groups is 5. The normalized spacial score (nSPS) is 18.1. The molecule has 3 heterocycles. The van der Waals surface area contributed by atoms with Crippen molar-refractivity contribution in [2.45, 2.75) is 26.0 Å². The van der Waals surface area contributed by atoms with Gasteiger partial charge in [0, 0.05) is 17.9 Å². The van der Waals surface area contributed by atoms with Crippen LogP contribution in [0.5, 0.6) is 0 Å². The van der Waals surface area contributed by atoms with E-state index in [0.29, 0.717) is 28.9 Å². The molecular formula is C26H29ClN4O8S. The monoisotopic (exact) mass is 592 g/mol. The fourth-order valence-electron chi connectivity index (χ4n) is 4.07. The Morgan fingerprint density at radius 2 is 1.80 bits per heavy atom. The van der Waals surface area contributed by atoms with Crippen molar-refractivity contribution in [1.82, 2.24) is 4.90 Å². The van der Waals surface area contributed by atoms with Gasteiger partial charge in [0.2, 0.25) is 0 Å². The minimum Gasteiger partial charge on any atom is -0.454 e. The lowest BCUT2D eigenvalue weighted by atomic mass is 10.1. The van der Waals surface area contributed by atoms with Crippen LogP contribution < -0.4 is 15.5 Å². The lowest BCUT2D eigenvalue weighted by Crippen LogP contribution is -2.46. The van der Waals surface area contributed by atoms with Crippen molar-refractivity contribution in [2.75, 3.05) is 49.3 Å². The third-order valence-electron chi connectivity index (χ3n) is 6.38. The quantitative estimate of drug-likeness (QED) is 0.433. The molecule has 2 N–H and O–H groups in total. The number of amides is 4. The van der Waals surface area contributed by atoms with E-state index in [1.54, 1.807) is 43.0 Å². The molecule has 40 heavy (non-hydrogen) atoms. The number of nitrogens with zero attached hydrogens (tertiary/aromatic N) is 3. The molecule has 2 aromatic rings. The van der Waals surface area contributed by atoms with Crippen LogP contribution in [0.25, 0.3) is 0 Å². The summed E-state index contributed by atoms with van der Waals surface area (Å²) >= 11 is 6.96. The summed E-state index contributed by atoms with van der Waals surface area (Å²) in [7, 11) is 0. The van der Waals surface area contributed by atoms with Gasteiger partial charge in [0.25, 0.3) is 17.7 Å². The Morgan fingerprint density at radius 3 is 2.40 bits per heavy atom. The number of hydrogen-bond acceptors (Lipinski definition) is 10. The van der Waals surface area contributed by atoms with Gasteiger partial charge in [-0.3, -0.25) is 29.0 Å². The van der Waals surface area contributed by atoms with Crippen LogP contribution in [0.2, 0.25) is 4.34 Å². The average Bonchev–Trinajstić information content (AvgIpc) is 3.54. The number of hydrogen-bond donors (Lipinski definition) is 1. The molecule has 2 atom stereocenters. The molecule has 0 aliphatic carbocycles. The van der Waals surface area contributed by atoms with Crippen LogP contribution in [0.4, 0.5) is 16.2 Å². The molecule has 0 bridgehead atoms. The fraction of sp³-hybridized carbons (Fsp3) is 0.423. The van der Waals surface area contributed by atoms with E-state index in [2.05, 4.69) is 0 Å². The summed E-state index contributed by atoms with van der Waals surface area (Å²) in [5.41, 5.74) is 6.97. The third-order valence-corrected chi connectivity index (χ3v) is 7.60. The largest absolute Gasteiger partial charge is 0.454 e. The van der Waals surface area contributed by atoms with Gasteiger partial charge in [0.05, 0.1) is 28.9 Å². The molecule has 4 amide bonds. The van der Waals surface area contributed by atoms with Crippen molar-refractivity contribution in [3.05, 3.63) is 45.6 Å². The predicted octanol–water partition coefficient (Wildman–Crippen LogP) is 2.29. The molecule has 4 rings (SSSR count). The highest BCUT2D eigenvalue weighted by Crippen LogP contribution is 2.27. The Bertz CT molecular complexity index is 1280. The highest BCUT2D eigenvalue weighted by molar-refractivity contribution is 7.18. The van der Waals surface area contributed by atoms with Gasteiger partial charge in [-0.1, -0.05) is 25.4 Å². The molecule has 0 radical (unpaired) electrons. The Balaban J connectivity index is 1.45. The second-order valence-electron chi connectivity index (χ2n) is 9.52. The molecule has 2 saturated heterocycles. The van der Waals surface area contributed by atoms with Gasteiger partial charge < -0.3 is 24.8 Å². The van der Waals surface area contributed by atoms with Crippen molar-refractivity contribution in [2.24, 2.45) is 11.7 Å². The molecule has 14 heteroatoms. The number of imide groups is 1. The molecule has 1 aromatic carbocycles. The van der Waals surface area contributed by atoms with Gasteiger partial charge in [-0.2, -0.15) is 0 Å². The lowest BCUT2D eigenvalue weighted by Gasteiger charge is -2.27. The van der Waals surface area contributed by atoms with Crippen molar-refractivity contribution >= 4 is 64.1 Å². The molecule has 214 valence electrons. The van der Waals surface area contributed by atoms with Gasteiger partial charge in [0.15, 0.2) is 6.61 Å². The van der Waals surface area contributed by atoms with Crippen molar-refractivity contribution in [1.29, 1.82) is 0 Å². The number of halogens is 1. The minimum atomic E-state index is -0.926. The maximum atomic E-state index is 13.2. The van der Waals surface area contributed by atoms with E-state index in [9.17, 15) is 24.0 Å². The number of morpholine rings is 1. The van der Waals surface area contributed by atoms with Gasteiger partial charge in [-0.25, -0.2) is 4.79 Å². The van der Waals surface area contributed by atoms with E-state index in [0.717, 1.165) is 16.2 Å². The van der Waals surface area contributed by atoms with Crippen molar-refractivity contribution in [3.63, 3.8) is 0 Å². The number of ether oxygens (including phenoxy) is 3. The van der Waals surface area contributed by atoms with Gasteiger partial charge >= 0.3 is 12.1 Å². The molecule has 0 saturated carbocycles. The van der Waals surface area contributed by atoms with E-state index in [4.69, 9.17) is 31.5 Å². The SMILES string of the molecule is CC(C)[C@@H](N)C(=O)OCC(=O)N(C[C@H]1CN(c2ccc(N3CCOCC3=O)cc2)C(=O)O1)C(=O)c1ccc(Cl)s1. The van der Waals surface area contributed by atoms with E-state index >= 15 is 0 Å². The second kappa shape index (κ2) is 12.8. The molecule has 2 fully saturated rings. The molecule has 2 aliphatic heterocycles. The van der Waals surface area contributed by atoms with Crippen LogP contribution in [0.1, 0.15) is 23.5 Å². The highest BCUT2D eigenvalue weighted by Gasteiger charge is 2.37. The maximum absolute atomic E-state index is 13.2. The summed E-state index contributed by atoms with van der Waals surface area (Å²) in [4.78, 5) is 67.3. The summed E-state index contributed by atoms with van der Waals surface area (Å²) in [6.07, 6.45) is -1.52. The maximum Gasteiger partial charge on any atom is 0.414 e. The van der Waals surface area contributed by atoms with Gasteiger partial charge in [0.1, 0.15) is 18.8 Å². The summed E-state index contributed by atoms with van der Waals surface area (Å²) < 4.78 is 16.0. The average molecular weight is 593 g/mol. The second-order valence-corrected chi connectivity index (χ2v) is 11.2. The fourth-order valence-corrected chi connectivity index (χ4v) is 5.07. The van der Waals surface area contributed by atoms with Crippen LogP contribution in [0.3, 0.4) is 0 Å². The topological polar surface area (TPSA) is 149 Å². The van der Waals surface area contributed by atoms with Crippen LogP contribution >= 0.6 is 22.9 Å². The Kier molecular flexibility index (Phi) is 9.40. The van der Waals surface area contributed by atoms with Crippen molar-refractivity contribution in [3.8, 4) is 0 Å². The zero-order valence-electron chi connectivity index (χ0n) is 21.9. The number of thiophene rings is 1. The Labute approximate surface area is 239 Å². The number of benzene rings is 1. The van der Waals surface area contributed by atoms with Crippen LogP contribution in [-0.2, 0) is 28.6 Å². The number of rotatable bonds is 9. The predicted molar refractivity (Wildman–Crippen MR) is 146 cm³/mol. The van der Waals surface area contributed by atoms with Gasteiger partial charge in [-0.05, 0) is 42.3 Å². The summed E-state index contributed by atoms with van der Waals surface area (Å²) in [5.74, 6) is -2.59. The first-order chi connectivity index (χ1) is 19.0. The zero-order chi connectivity index (χ0) is 29.0. The first-order valence-corrected chi connectivity index (χ1v) is 13.7. The number of carbonyl (C=O) groups excluding carboxylic acids is 5. The van der Waals surface area contributed by atoms with Crippen LogP contribution in [-0.4, -0.2) is 86.3 Å². The van der Waals surface area contributed by atoms with E-state index in [1.807, 2.05) is 0 Å². The minimum absolute atomic E-state index is 0.0111. The number of cyclic esters (lactones) is 1. The standard InChI is InChI=1S/C26H29ClN4O8S/c1-15(2)23(28)25(35)38-14-22(33)31(24(34)19-7-8-20(27)40-19)12-18-11-30(26(36)39-18)17-5-3-16(4-6-17)29-9-10-37-13-21(29)32/h3-8,15,18,23H,9-14,28H2,1-2H3/t18-,23-/m1/s1. The molecule has 2 aliphatic rings. The van der Waals surface area contributed by atoms with Crippen LogP contribution in [0.15, 0.2) is 36.4 Å². The molecule has 0 unspecified atom stereocenters. The van der Waals surface area contributed by atoms with E-state index in [-0.39, 0.29) is 36.4 Å². The summed E-state index contributed by atoms with van der Waals surface area (Å²) in [6, 6.07) is 8.87. The first-order valence-electron chi connectivity index (χ1n) is 12.5. The number of nitrogens with two attached hydrogens (primary N) is 1. The smallest absolute Gasteiger partial charge is 0.414 e. The zero-order valence-corrected chi connectivity index (χ0v) is 23.5. The first kappa shape index (κ1) is 29.5. The van der Waals surface area contributed by atoms with E-state index < -0.39 is 42.6 Å². The Hall–Kier alpha value is -3.52. The molecule has 12 nitrogen and oxygen atoms in total. The lowest BCUT2D eigenvalue weighted by molar-refractivity contribution is -0.153. The third kappa shape index (κ3) is 6.78. The summed E-state index contributed by atoms with van der Waals surface area (Å²) in [5, 5.41) is 0. The van der Waals surface area contributed by atoms with E-state index in [1.165, 1.54) is 17.0 Å².